The summed E-state index contributed by atoms with van der Waals surface area (Å²) >= 11 is 0. The van der Waals surface area contributed by atoms with Crippen molar-refractivity contribution in [2.45, 2.75) is 44.8 Å². The molecule has 0 radical (unpaired) electrons. The number of amides is 1. The van der Waals surface area contributed by atoms with Crippen LogP contribution in [0, 0.1) is 0 Å². The van der Waals surface area contributed by atoms with E-state index < -0.39 is 11.2 Å². The van der Waals surface area contributed by atoms with Gasteiger partial charge in [-0.25, -0.2) is 9.78 Å². The first-order chi connectivity index (χ1) is 11.7. The van der Waals surface area contributed by atoms with E-state index in [2.05, 4.69) is 4.98 Å². The van der Waals surface area contributed by atoms with Gasteiger partial charge in [-0.05, 0) is 33.6 Å². The van der Waals surface area contributed by atoms with Gasteiger partial charge in [-0.15, -0.1) is 0 Å². The molecular formula is C18H25N3O4. The number of pyridine rings is 1. The van der Waals surface area contributed by atoms with Crippen LogP contribution in [-0.2, 0) is 10.3 Å². The summed E-state index contributed by atoms with van der Waals surface area (Å²) in [5, 5.41) is 11.2. The minimum absolute atomic E-state index is 0.341. The highest BCUT2D eigenvalue weighted by Gasteiger charge is 2.39. The number of carbonyl (C=O) groups excluding carboxylic acids is 1. The fourth-order valence-electron chi connectivity index (χ4n) is 3.12. The highest BCUT2D eigenvalue weighted by Crippen LogP contribution is 2.38. The lowest BCUT2D eigenvalue weighted by atomic mass is 9.85. The monoisotopic (exact) mass is 347 g/mol. The van der Waals surface area contributed by atoms with Crippen LogP contribution in [0.15, 0.2) is 24.7 Å². The fourth-order valence-corrected chi connectivity index (χ4v) is 3.12. The van der Waals surface area contributed by atoms with E-state index in [1.807, 2.05) is 43.6 Å². The zero-order valence-corrected chi connectivity index (χ0v) is 15.2. The Labute approximate surface area is 147 Å². The van der Waals surface area contributed by atoms with Crippen LogP contribution in [0.5, 0.6) is 5.75 Å². The topological polar surface area (TPSA) is 76.3 Å². The Morgan fingerprint density at radius 1 is 1.32 bits per heavy atom. The zero-order chi connectivity index (χ0) is 18.2. The molecule has 0 bridgehead atoms. The lowest BCUT2D eigenvalue weighted by Crippen LogP contribution is -2.47. The van der Waals surface area contributed by atoms with Crippen molar-refractivity contribution in [3.63, 3.8) is 0 Å². The van der Waals surface area contributed by atoms with Gasteiger partial charge in [-0.3, -0.25) is 0 Å². The van der Waals surface area contributed by atoms with E-state index >= 15 is 0 Å². The molecule has 1 fully saturated rings. The average molecular weight is 347 g/mol. The summed E-state index contributed by atoms with van der Waals surface area (Å²) in [4.78, 5) is 18.1. The summed E-state index contributed by atoms with van der Waals surface area (Å²) in [6.07, 6.45) is 5.88. The van der Waals surface area contributed by atoms with E-state index in [1.54, 1.807) is 18.2 Å². The molecular weight excluding hydrogens is 322 g/mol. The highest BCUT2D eigenvalue weighted by atomic mass is 16.6. The van der Waals surface area contributed by atoms with Crippen LogP contribution < -0.4 is 4.74 Å². The maximum Gasteiger partial charge on any atom is 0.410 e. The number of rotatable bonds is 2. The predicted octanol–water partition coefficient (Wildman–Crippen LogP) is 2.56. The number of methoxy groups -OCH3 is 1. The normalized spacial score (nSPS) is 17.6. The largest absolute Gasteiger partial charge is 0.496 e. The van der Waals surface area contributed by atoms with E-state index in [0.29, 0.717) is 37.2 Å². The number of ether oxygens (including phenoxy) is 2. The Hall–Kier alpha value is -2.28. The third-order valence-corrected chi connectivity index (χ3v) is 4.46. The number of carbonyl (C=O) groups is 1. The molecule has 1 amide bonds. The maximum atomic E-state index is 12.2. The highest BCUT2D eigenvalue weighted by molar-refractivity contribution is 5.68. The van der Waals surface area contributed by atoms with Gasteiger partial charge in [0.05, 0.1) is 12.7 Å². The first-order valence-corrected chi connectivity index (χ1v) is 8.43. The third-order valence-electron chi connectivity index (χ3n) is 4.46. The summed E-state index contributed by atoms with van der Waals surface area (Å²) in [6.45, 7) is 6.39. The van der Waals surface area contributed by atoms with Gasteiger partial charge in [0.25, 0.3) is 0 Å². The van der Waals surface area contributed by atoms with Gasteiger partial charge < -0.3 is 23.9 Å². The molecule has 0 aromatic carbocycles. The summed E-state index contributed by atoms with van der Waals surface area (Å²) in [7, 11) is 1.58. The molecule has 7 heteroatoms. The van der Waals surface area contributed by atoms with Crippen LogP contribution in [0.2, 0.25) is 0 Å². The van der Waals surface area contributed by atoms with Gasteiger partial charge in [-0.2, -0.15) is 0 Å². The minimum atomic E-state index is -1.05. The van der Waals surface area contributed by atoms with E-state index in [-0.39, 0.29) is 6.09 Å². The van der Waals surface area contributed by atoms with Crippen LogP contribution in [0.25, 0.3) is 5.65 Å². The molecule has 1 saturated heterocycles. The maximum absolute atomic E-state index is 12.2. The standard InChI is InChI=1S/C18H25N3O4/c1-17(2,3)25-16(22)20-8-5-18(23,6-9-20)13-12-21-10-7-19-15(21)11-14(13)24-4/h7,10-12,23H,5-6,8-9H2,1-4H3. The summed E-state index contributed by atoms with van der Waals surface area (Å²) in [5.74, 6) is 0.604. The van der Waals surface area contributed by atoms with Crippen molar-refractivity contribution in [3.8, 4) is 5.75 Å². The van der Waals surface area contributed by atoms with Crippen molar-refractivity contribution in [1.82, 2.24) is 14.3 Å². The number of aromatic nitrogens is 2. The molecule has 3 heterocycles. The van der Waals surface area contributed by atoms with E-state index in [1.165, 1.54) is 0 Å². The Balaban J connectivity index is 1.79. The summed E-state index contributed by atoms with van der Waals surface area (Å²) in [5.41, 5.74) is -0.109. The molecule has 1 N–H and O–H groups in total. The van der Waals surface area contributed by atoms with Crippen LogP contribution in [0.4, 0.5) is 4.79 Å². The first-order valence-electron chi connectivity index (χ1n) is 8.43. The number of imidazole rings is 1. The van der Waals surface area contributed by atoms with Crippen molar-refractivity contribution in [1.29, 1.82) is 0 Å². The molecule has 0 spiro atoms. The average Bonchev–Trinajstić information content (AvgIpc) is 3.00. The Morgan fingerprint density at radius 2 is 2.00 bits per heavy atom. The van der Waals surface area contributed by atoms with Crippen molar-refractivity contribution in [2.24, 2.45) is 0 Å². The number of hydrogen-bond acceptors (Lipinski definition) is 5. The molecule has 0 unspecified atom stereocenters. The van der Waals surface area contributed by atoms with Crippen LogP contribution >= 0.6 is 0 Å². The smallest absolute Gasteiger partial charge is 0.410 e. The molecule has 0 saturated carbocycles. The van der Waals surface area contributed by atoms with E-state index in [0.717, 1.165) is 5.65 Å². The SMILES string of the molecule is COc1cc2nccn2cc1C1(O)CCN(C(=O)OC(C)(C)C)CC1. The number of fused-ring (bicyclic) bond motifs is 1. The van der Waals surface area contributed by atoms with Gasteiger partial charge in [-0.1, -0.05) is 0 Å². The Bertz CT molecular complexity index is 770. The second kappa shape index (κ2) is 6.22. The summed E-state index contributed by atoms with van der Waals surface area (Å²) in [6, 6.07) is 1.81. The van der Waals surface area contributed by atoms with E-state index in [9.17, 15) is 9.90 Å². The number of aliphatic hydroxyl groups is 1. The number of likely N-dealkylation sites (tertiary alicyclic amines) is 1. The van der Waals surface area contributed by atoms with Gasteiger partial charge in [0.15, 0.2) is 0 Å². The molecule has 1 aliphatic rings. The number of hydrogen-bond donors (Lipinski definition) is 1. The van der Waals surface area contributed by atoms with Gasteiger partial charge >= 0.3 is 6.09 Å². The predicted molar refractivity (Wildman–Crippen MR) is 92.7 cm³/mol. The second-order valence-corrected chi connectivity index (χ2v) is 7.45. The van der Waals surface area contributed by atoms with Crippen molar-refractivity contribution < 1.29 is 19.4 Å². The first kappa shape index (κ1) is 17.5. The molecule has 0 atom stereocenters. The quantitative estimate of drug-likeness (QED) is 0.903. The van der Waals surface area contributed by atoms with Crippen LogP contribution in [0.3, 0.4) is 0 Å². The number of piperidine rings is 1. The Kier molecular flexibility index (Phi) is 4.36. The molecule has 3 rings (SSSR count). The zero-order valence-electron chi connectivity index (χ0n) is 15.2. The third kappa shape index (κ3) is 3.56. The van der Waals surface area contributed by atoms with E-state index in [4.69, 9.17) is 9.47 Å². The second-order valence-electron chi connectivity index (χ2n) is 7.45. The number of nitrogens with zero attached hydrogens (tertiary/aromatic N) is 3. The minimum Gasteiger partial charge on any atom is -0.496 e. The molecule has 7 nitrogen and oxygen atoms in total. The fraction of sp³-hybridized carbons (Fsp3) is 0.556. The van der Waals surface area contributed by atoms with Gasteiger partial charge in [0.2, 0.25) is 0 Å². The molecule has 2 aromatic rings. The Morgan fingerprint density at radius 3 is 2.60 bits per heavy atom. The lowest BCUT2D eigenvalue weighted by molar-refractivity contribution is -0.0369. The lowest BCUT2D eigenvalue weighted by Gasteiger charge is -2.39. The van der Waals surface area contributed by atoms with Crippen LogP contribution in [0.1, 0.15) is 39.2 Å². The van der Waals surface area contributed by atoms with Crippen molar-refractivity contribution in [3.05, 3.63) is 30.2 Å². The van der Waals surface area contributed by atoms with Gasteiger partial charge in [0.1, 0.15) is 17.0 Å². The molecule has 1 aliphatic heterocycles. The molecule has 2 aromatic heterocycles. The van der Waals surface area contributed by atoms with Crippen molar-refractivity contribution in [2.75, 3.05) is 20.2 Å². The van der Waals surface area contributed by atoms with Crippen LogP contribution in [-0.4, -0.2) is 51.3 Å². The summed E-state index contributed by atoms with van der Waals surface area (Å²) < 4.78 is 12.7. The van der Waals surface area contributed by atoms with Crippen molar-refractivity contribution >= 4 is 11.7 Å². The molecule has 25 heavy (non-hydrogen) atoms. The van der Waals surface area contributed by atoms with Gasteiger partial charge in [0, 0.05) is 43.3 Å². The molecule has 0 aliphatic carbocycles. The molecule has 136 valence electrons.